The first-order valence-electron chi connectivity index (χ1n) is 10.5. The van der Waals surface area contributed by atoms with E-state index in [0.717, 1.165) is 18.6 Å². The molecule has 2 bridgehead atoms. The third-order valence-corrected chi connectivity index (χ3v) is 8.44. The van der Waals surface area contributed by atoms with Gasteiger partial charge in [-0.15, -0.1) is 0 Å². The van der Waals surface area contributed by atoms with Gasteiger partial charge < -0.3 is 4.74 Å². The molecule has 2 aliphatic heterocycles. The molecule has 6 heteroatoms. The maximum absolute atomic E-state index is 11.1. The molecule has 1 aromatic rings. The Morgan fingerprint density at radius 1 is 1.25 bits per heavy atom. The van der Waals surface area contributed by atoms with Crippen molar-refractivity contribution in [1.29, 1.82) is 0 Å². The summed E-state index contributed by atoms with van der Waals surface area (Å²) in [5.74, 6) is 4.60. The molecular formula is C22H33NO3S2. The molecular weight excluding hydrogens is 390 g/mol. The smallest absolute Gasteiger partial charge is 0.243 e. The predicted molar refractivity (Wildman–Crippen MR) is 118 cm³/mol. The second kappa shape index (κ2) is 11.5. The van der Waals surface area contributed by atoms with Gasteiger partial charge in [-0.2, -0.15) is 23.5 Å². The quantitative estimate of drug-likeness (QED) is 0.370. The minimum Gasteiger partial charge on any atom is -0.374 e. The second-order valence-corrected chi connectivity index (χ2v) is 10.6. The monoisotopic (exact) mass is 423 g/mol. The third kappa shape index (κ3) is 6.41. The van der Waals surface area contributed by atoms with Crippen LogP contribution in [0, 0.1) is 11.8 Å². The minimum atomic E-state index is -0.285. The van der Waals surface area contributed by atoms with Crippen LogP contribution in [0.5, 0.6) is 0 Å². The van der Waals surface area contributed by atoms with E-state index < -0.39 is 0 Å². The van der Waals surface area contributed by atoms with Gasteiger partial charge in [0, 0.05) is 17.4 Å². The van der Waals surface area contributed by atoms with Crippen molar-refractivity contribution in [3.8, 4) is 0 Å². The molecule has 1 amide bonds. The molecule has 2 N–H and O–H groups in total. The van der Waals surface area contributed by atoms with Crippen LogP contribution in [0.25, 0.3) is 0 Å². The predicted octanol–water partition coefficient (Wildman–Crippen LogP) is 4.90. The van der Waals surface area contributed by atoms with Crippen LogP contribution in [0.1, 0.15) is 51.0 Å². The zero-order valence-corrected chi connectivity index (χ0v) is 18.4. The van der Waals surface area contributed by atoms with Crippen LogP contribution in [-0.2, 0) is 15.3 Å². The lowest BCUT2D eigenvalue weighted by molar-refractivity contribution is -0.129. The van der Waals surface area contributed by atoms with Crippen molar-refractivity contribution in [2.75, 3.05) is 11.5 Å². The first-order valence-corrected chi connectivity index (χ1v) is 12.7. The number of fused-ring (bicyclic) bond motifs is 2. The van der Waals surface area contributed by atoms with Crippen LogP contribution in [0.4, 0.5) is 0 Å². The molecule has 1 aromatic carbocycles. The first kappa shape index (κ1) is 22.0. The summed E-state index contributed by atoms with van der Waals surface area (Å²) in [5, 5.41) is 9.10. The van der Waals surface area contributed by atoms with Gasteiger partial charge >= 0.3 is 0 Å². The Bertz CT molecular complexity index is 601. The lowest BCUT2D eigenvalue weighted by Crippen LogP contribution is -2.29. The van der Waals surface area contributed by atoms with E-state index in [1.807, 2.05) is 11.8 Å². The molecule has 2 saturated heterocycles. The van der Waals surface area contributed by atoms with Gasteiger partial charge in [0.05, 0.1) is 12.2 Å². The summed E-state index contributed by atoms with van der Waals surface area (Å²) in [6.07, 6.45) is 6.94. The Labute approximate surface area is 177 Å². The van der Waals surface area contributed by atoms with Gasteiger partial charge in [0.25, 0.3) is 0 Å². The number of carbonyl (C=O) groups excluding carboxylic acids is 1. The second-order valence-electron chi connectivity index (χ2n) is 8.02. The van der Waals surface area contributed by atoms with Crippen LogP contribution in [0.3, 0.4) is 0 Å². The molecule has 0 aliphatic carbocycles. The molecule has 28 heavy (non-hydrogen) atoms. The fourth-order valence-electron chi connectivity index (χ4n) is 4.48. The van der Waals surface area contributed by atoms with Crippen LogP contribution >= 0.6 is 23.5 Å². The largest absolute Gasteiger partial charge is 0.374 e. The maximum atomic E-state index is 11.1. The first-order chi connectivity index (χ1) is 13.7. The number of hydroxylamine groups is 1. The summed E-state index contributed by atoms with van der Waals surface area (Å²) in [6, 6.07) is 10.7. The van der Waals surface area contributed by atoms with E-state index in [-0.39, 0.29) is 5.91 Å². The number of ether oxygens (including phenoxy) is 1. The lowest BCUT2D eigenvalue weighted by Gasteiger charge is -2.28. The Morgan fingerprint density at radius 3 is 2.75 bits per heavy atom. The molecule has 156 valence electrons. The van der Waals surface area contributed by atoms with E-state index in [2.05, 4.69) is 49.0 Å². The highest BCUT2D eigenvalue weighted by molar-refractivity contribution is 7.99. The van der Waals surface area contributed by atoms with Gasteiger partial charge in [-0.1, -0.05) is 37.3 Å². The van der Waals surface area contributed by atoms with Crippen LogP contribution in [0.15, 0.2) is 30.3 Å². The highest BCUT2D eigenvalue weighted by atomic mass is 32.2. The Hall–Kier alpha value is -0.690. The highest BCUT2D eigenvalue weighted by Crippen LogP contribution is 2.47. The van der Waals surface area contributed by atoms with Crippen LogP contribution in [0.2, 0.25) is 0 Å². The van der Waals surface area contributed by atoms with Crippen molar-refractivity contribution < 1.29 is 14.7 Å². The molecule has 2 aliphatic rings. The van der Waals surface area contributed by atoms with E-state index >= 15 is 0 Å². The molecule has 5 unspecified atom stereocenters. The van der Waals surface area contributed by atoms with Gasteiger partial charge in [-0.3, -0.25) is 10.0 Å². The van der Waals surface area contributed by atoms with E-state index in [9.17, 15) is 4.79 Å². The van der Waals surface area contributed by atoms with E-state index in [1.54, 1.807) is 5.48 Å². The Kier molecular flexibility index (Phi) is 9.03. The lowest BCUT2D eigenvalue weighted by atomic mass is 9.79. The maximum Gasteiger partial charge on any atom is 0.243 e. The Morgan fingerprint density at radius 2 is 2.00 bits per heavy atom. The molecule has 0 saturated carbocycles. The standard InChI is InChI=1S/C22H33NO3S2/c1-16(6-5-9-22(24)23-25)28-13-12-18-19(21-11-10-20(18)26-21)15-27-14-17-7-3-2-4-8-17/h2-4,7-8,16,18-21,25H,5-6,9-15H2,1H3,(H,23,24). The summed E-state index contributed by atoms with van der Waals surface area (Å²) in [7, 11) is 0. The van der Waals surface area contributed by atoms with Crippen molar-refractivity contribution in [2.24, 2.45) is 11.8 Å². The van der Waals surface area contributed by atoms with Crippen LogP contribution < -0.4 is 5.48 Å². The zero-order chi connectivity index (χ0) is 19.8. The normalized spacial score (nSPS) is 27.1. The molecule has 2 heterocycles. The number of hydrogen-bond donors (Lipinski definition) is 2. The molecule has 3 rings (SSSR count). The van der Waals surface area contributed by atoms with E-state index in [1.165, 1.54) is 36.3 Å². The van der Waals surface area contributed by atoms with Gasteiger partial charge in [-0.25, -0.2) is 5.48 Å². The van der Waals surface area contributed by atoms with Crippen molar-refractivity contribution in [3.63, 3.8) is 0 Å². The third-order valence-electron chi connectivity index (χ3n) is 6.00. The SMILES string of the molecule is CC(CCCC(=O)NO)SCCC1C2CCC(O2)C1CSCc1ccccc1. The number of benzene rings is 1. The fourth-order valence-corrected chi connectivity index (χ4v) is 6.91. The van der Waals surface area contributed by atoms with Gasteiger partial charge in [0.15, 0.2) is 0 Å². The van der Waals surface area contributed by atoms with Crippen molar-refractivity contribution in [1.82, 2.24) is 5.48 Å². The van der Waals surface area contributed by atoms with E-state index in [0.29, 0.717) is 35.7 Å². The fraction of sp³-hybridized carbons (Fsp3) is 0.682. The van der Waals surface area contributed by atoms with Gasteiger partial charge in [0.2, 0.25) is 5.91 Å². The molecule has 0 spiro atoms. The molecule has 4 nitrogen and oxygen atoms in total. The number of carbonyl (C=O) groups is 1. The van der Waals surface area contributed by atoms with Crippen molar-refractivity contribution >= 4 is 29.4 Å². The topological polar surface area (TPSA) is 58.6 Å². The summed E-state index contributed by atoms with van der Waals surface area (Å²) >= 11 is 4.07. The summed E-state index contributed by atoms with van der Waals surface area (Å²) in [6.45, 7) is 2.24. The summed E-state index contributed by atoms with van der Waals surface area (Å²) in [5.41, 5.74) is 3.11. The number of nitrogens with one attached hydrogen (secondary N) is 1. The van der Waals surface area contributed by atoms with Crippen LogP contribution in [-0.4, -0.2) is 40.1 Å². The Balaban J connectivity index is 1.36. The molecule has 5 atom stereocenters. The average Bonchev–Trinajstić information content (AvgIpc) is 3.31. The summed E-state index contributed by atoms with van der Waals surface area (Å²) in [4.78, 5) is 11.1. The molecule has 0 aromatic heterocycles. The molecule has 2 fully saturated rings. The average molecular weight is 424 g/mol. The number of amides is 1. The zero-order valence-electron chi connectivity index (χ0n) is 16.7. The number of rotatable bonds is 12. The van der Waals surface area contributed by atoms with E-state index in [4.69, 9.17) is 9.94 Å². The number of thioether (sulfide) groups is 2. The minimum absolute atomic E-state index is 0.285. The van der Waals surface area contributed by atoms with Gasteiger partial charge in [-0.05, 0) is 61.0 Å². The summed E-state index contributed by atoms with van der Waals surface area (Å²) < 4.78 is 6.27. The molecule has 0 radical (unpaired) electrons. The van der Waals surface area contributed by atoms with Crippen molar-refractivity contribution in [3.05, 3.63) is 35.9 Å². The highest BCUT2D eigenvalue weighted by Gasteiger charge is 2.47. The van der Waals surface area contributed by atoms with Crippen molar-refractivity contribution in [2.45, 2.75) is 68.7 Å². The number of hydrogen-bond acceptors (Lipinski definition) is 5. The van der Waals surface area contributed by atoms with Gasteiger partial charge in [0.1, 0.15) is 0 Å².